The van der Waals surface area contributed by atoms with Crippen LogP contribution in [0.5, 0.6) is 0 Å². The molecule has 1 heterocycles. The van der Waals surface area contributed by atoms with Crippen molar-refractivity contribution in [3.05, 3.63) is 27.7 Å². The molecule has 5 nitrogen and oxygen atoms in total. The molecule has 0 unspecified atom stereocenters. The van der Waals surface area contributed by atoms with Crippen molar-refractivity contribution in [3.8, 4) is 11.4 Å². The summed E-state index contributed by atoms with van der Waals surface area (Å²) in [7, 11) is 1.38. The summed E-state index contributed by atoms with van der Waals surface area (Å²) in [6.45, 7) is 2.14. The van der Waals surface area contributed by atoms with Crippen LogP contribution in [0.3, 0.4) is 0 Å². The summed E-state index contributed by atoms with van der Waals surface area (Å²) in [6, 6.07) is 5.16. The van der Waals surface area contributed by atoms with E-state index in [1.165, 1.54) is 4.57 Å². The largest absolute Gasteiger partial charge is 0.297 e. The third-order valence-electron chi connectivity index (χ3n) is 2.37. The zero-order chi connectivity index (χ0) is 14.2. The number of hydrogen-bond acceptors (Lipinski definition) is 4. The van der Waals surface area contributed by atoms with Crippen LogP contribution in [-0.2, 0) is 15.6 Å². The molecule has 2 aromatic rings. The predicted molar refractivity (Wildman–Crippen MR) is 76.9 cm³/mol. The van der Waals surface area contributed by atoms with Gasteiger partial charge in [-0.25, -0.2) is 8.42 Å². The minimum absolute atomic E-state index is 0.275. The summed E-state index contributed by atoms with van der Waals surface area (Å²) in [5, 5.41) is 7.73. The average molecular weight is 385 g/mol. The highest BCUT2D eigenvalue weighted by Gasteiger charge is 2.22. The van der Waals surface area contributed by atoms with Crippen LogP contribution in [0.15, 0.2) is 27.8 Å². The first-order chi connectivity index (χ1) is 8.82. The lowest BCUT2D eigenvalue weighted by atomic mass is 10.2. The normalized spacial score (nSPS) is 11.8. The Labute approximate surface area is 128 Å². The van der Waals surface area contributed by atoms with Gasteiger partial charge in [-0.3, -0.25) is 4.57 Å². The summed E-state index contributed by atoms with van der Waals surface area (Å²) < 4.78 is 25.0. The molecule has 0 saturated carbocycles. The number of halogens is 3. The van der Waals surface area contributed by atoms with E-state index in [9.17, 15) is 8.42 Å². The van der Waals surface area contributed by atoms with Crippen LogP contribution >= 0.6 is 38.2 Å². The van der Waals surface area contributed by atoms with Gasteiger partial charge in [0.25, 0.3) is 14.2 Å². The van der Waals surface area contributed by atoms with Crippen molar-refractivity contribution in [1.29, 1.82) is 0 Å². The van der Waals surface area contributed by atoms with E-state index >= 15 is 0 Å². The van der Waals surface area contributed by atoms with E-state index in [0.29, 0.717) is 23.0 Å². The van der Waals surface area contributed by atoms with Gasteiger partial charge in [-0.05, 0) is 25.1 Å². The summed E-state index contributed by atoms with van der Waals surface area (Å²) >= 11 is 9.28. The molecular weight excluding hydrogens is 377 g/mol. The molecule has 9 heteroatoms. The maximum Gasteiger partial charge on any atom is 0.296 e. The smallest absolute Gasteiger partial charge is 0.296 e. The lowest BCUT2D eigenvalue weighted by Crippen LogP contribution is -2.06. The molecule has 0 aliphatic heterocycles. The fourth-order valence-corrected chi connectivity index (χ4v) is 3.47. The van der Waals surface area contributed by atoms with E-state index in [1.54, 1.807) is 25.1 Å². The molecule has 19 heavy (non-hydrogen) atoms. The Kier molecular flexibility index (Phi) is 4.20. The average Bonchev–Trinajstić information content (AvgIpc) is 2.70. The quantitative estimate of drug-likeness (QED) is 0.761. The fourth-order valence-electron chi connectivity index (χ4n) is 1.65. The Hall–Kier alpha value is -0.630. The third kappa shape index (κ3) is 3.10. The van der Waals surface area contributed by atoms with Gasteiger partial charge in [-0.2, -0.15) is 0 Å². The molecule has 0 bridgehead atoms. The van der Waals surface area contributed by atoms with Gasteiger partial charge in [0, 0.05) is 32.3 Å². The van der Waals surface area contributed by atoms with Gasteiger partial charge < -0.3 is 0 Å². The maximum atomic E-state index is 11.4. The van der Waals surface area contributed by atoms with Crippen LogP contribution in [0.4, 0.5) is 0 Å². The standard InChI is InChI=1S/C10H8BrCl2N3O2S/c1-2-16-9(14-15-10(16)19(13,17)18)6-3-7(11)5-8(12)4-6/h3-5H,2H2,1H3. The van der Waals surface area contributed by atoms with E-state index in [2.05, 4.69) is 26.1 Å². The molecule has 0 atom stereocenters. The minimum Gasteiger partial charge on any atom is -0.297 e. The maximum absolute atomic E-state index is 11.4. The summed E-state index contributed by atoms with van der Waals surface area (Å²) in [4.78, 5) is 0. The highest BCUT2D eigenvalue weighted by Crippen LogP contribution is 2.28. The van der Waals surface area contributed by atoms with E-state index in [0.717, 1.165) is 4.47 Å². The summed E-state index contributed by atoms with van der Waals surface area (Å²) in [5.74, 6) is 0.393. The van der Waals surface area contributed by atoms with E-state index in [-0.39, 0.29) is 5.16 Å². The Balaban J connectivity index is 2.67. The lowest BCUT2D eigenvalue weighted by Gasteiger charge is -2.06. The molecule has 0 saturated heterocycles. The molecule has 1 aromatic heterocycles. The molecular formula is C10H8BrCl2N3O2S. The van der Waals surface area contributed by atoms with Gasteiger partial charge in [-0.15, -0.1) is 10.2 Å². The summed E-state index contributed by atoms with van der Waals surface area (Å²) in [5.41, 5.74) is 0.653. The second-order valence-corrected chi connectivity index (χ2v) is 7.46. The molecule has 0 radical (unpaired) electrons. The van der Waals surface area contributed by atoms with E-state index < -0.39 is 9.05 Å². The van der Waals surface area contributed by atoms with Crippen molar-refractivity contribution in [2.45, 2.75) is 18.6 Å². The zero-order valence-corrected chi connectivity index (χ0v) is 13.6. The number of nitrogens with zero attached hydrogens (tertiary/aromatic N) is 3. The van der Waals surface area contributed by atoms with Gasteiger partial charge >= 0.3 is 0 Å². The zero-order valence-electron chi connectivity index (χ0n) is 9.64. The molecule has 0 fully saturated rings. The number of rotatable bonds is 3. The molecule has 0 amide bonds. The number of benzene rings is 1. The van der Waals surface area contributed by atoms with Crippen molar-refractivity contribution in [3.63, 3.8) is 0 Å². The van der Waals surface area contributed by atoms with Crippen LogP contribution in [0.25, 0.3) is 11.4 Å². The van der Waals surface area contributed by atoms with Gasteiger partial charge in [0.15, 0.2) is 5.82 Å². The predicted octanol–water partition coefficient (Wildman–Crippen LogP) is 3.31. The number of aromatic nitrogens is 3. The van der Waals surface area contributed by atoms with Crippen LogP contribution < -0.4 is 0 Å². The fraction of sp³-hybridized carbons (Fsp3) is 0.200. The van der Waals surface area contributed by atoms with Gasteiger partial charge in [0.1, 0.15) is 0 Å². The first-order valence-electron chi connectivity index (χ1n) is 5.17. The van der Waals surface area contributed by atoms with Crippen molar-refractivity contribution >= 4 is 47.3 Å². The molecule has 1 aromatic carbocycles. The SMILES string of the molecule is CCn1c(-c2cc(Cl)cc(Br)c2)nnc1S(=O)(=O)Cl. The highest BCUT2D eigenvalue weighted by atomic mass is 79.9. The second kappa shape index (κ2) is 5.40. The van der Waals surface area contributed by atoms with E-state index in [4.69, 9.17) is 22.3 Å². The molecule has 0 spiro atoms. The first-order valence-corrected chi connectivity index (χ1v) is 8.65. The topological polar surface area (TPSA) is 64.8 Å². The monoisotopic (exact) mass is 383 g/mol. The molecule has 0 aliphatic rings. The van der Waals surface area contributed by atoms with Gasteiger partial charge in [-0.1, -0.05) is 27.5 Å². The van der Waals surface area contributed by atoms with Gasteiger partial charge in [0.05, 0.1) is 0 Å². The minimum atomic E-state index is -3.94. The summed E-state index contributed by atoms with van der Waals surface area (Å²) in [6.07, 6.45) is 0. The van der Waals surface area contributed by atoms with Crippen LogP contribution in [0.1, 0.15) is 6.92 Å². The van der Waals surface area contributed by atoms with Crippen LogP contribution in [0.2, 0.25) is 5.02 Å². The van der Waals surface area contributed by atoms with Crippen molar-refractivity contribution in [2.24, 2.45) is 0 Å². The van der Waals surface area contributed by atoms with Crippen molar-refractivity contribution in [2.75, 3.05) is 0 Å². The van der Waals surface area contributed by atoms with Crippen LogP contribution in [0, 0.1) is 0 Å². The molecule has 0 aliphatic carbocycles. The molecule has 102 valence electrons. The Morgan fingerprint density at radius 2 is 2.00 bits per heavy atom. The Morgan fingerprint density at radius 1 is 1.32 bits per heavy atom. The highest BCUT2D eigenvalue weighted by molar-refractivity contribution is 9.10. The third-order valence-corrected chi connectivity index (χ3v) is 4.20. The second-order valence-electron chi connectivity index (χ2n) is 3.65. The van der Waals surface area contributed by atoms with Crippen molar-refractivity contribution in [1.82, 2.24) is 14.8 Å². The number of hydrogen-bond donors (Lipinski definition) is 0. The molecule has 2 rings (SSSR count). The Morgan fingerprint density at radius 3 is 2.53 bits per heavy atom. The Bertz CT molecular complexity index is 710. The lowest BCUT2D eigenvalue weighted by molar-refractivity contribution is 0.583. The van der Waals surface area contributed by atoms with Gasteiger partial charge in [0.2, 0.25) is 0 Å². The first kappa shape index (κ1) is 14.8. The van der Waals surface area contributed by atoms with Crippen LogP contribution in [-0.4, -0.2) is 23.2 Å². The van der Waals surface area contributed by atoms with E-state index in [1.807, 2.05) is 0 Å². The van der Waals surface area contributed by atoms with Crippen molar-refractivity contribution < 1.29 is 8.42 Å². The molecule has 0 N–H and O–H groups in total.